The zero-order valence-corrected chi connectivity index (χ0v) is 9.02. The highest BCUT2D eigenvalue weighted by Gasteiger charge is 2.22. The molecule has 16 heavy (non-hydrogen) atoms. The van der Waals surface area contributed by atoms with Crippen LogP contribution in [-0.2, 0) is 9.47 Å². The van der Waals surface area contributed by atoms with Crippen LogP contribution in [-0.4, -0.2) is 30.8 Å². The molecule has 0 saturated heterocycles. The minimum absolute atomic E-state index is 0.00583. The molecule has 0 atom stereocenters. The summed E-state index contributed by atoms with van der Waals surface area (Å²) in [6, 6.07) is 4.15. The molecule has 0 bridgehead atoms. The highest BCUT2D eigenvalue weighted by molar-refractivity contribution is 6.05. The van der Waals surface area contributed by atoms with Crippen LogP contribution >= 0.6 is 0 Å². The summed E-state index contributed by atoms with van der Waals surface area (Å²) >= 11 is 0. The fourth-order valence-corrected chi connectivity index (χ4v) is 1.24. The topological polar surface area (TPSA) is 72.8 Å². The van der Waals surface area contributed by atoms with Crippen LogP contribution in [0, 0.1) is 0 Å². The lowest BCUT2D eigenvalue weighted by atomic mass is 10.1. The van der Waals surface area contributed by atoms with Crippen LogP contribution in [0.4, 0.5) is 0 Å². The van der Waals surface area contributed by atoms with Gasteiger partial charge in [0, 0.05) is 0 Å². The van der Waals surface area contributed by atoms with Crippen molar-refractivity contribution in [2.45, 2.75) is 6.92 Å². The van der Waals surface area contributed by atoms with E-state index < -0.39 is 11.9 Å². The molecule has 0 aliphatic rings. The number of ether oxygens (including phenoxy) is 2. The maximum Gasteiger partial charge on any atom is 0.342 e. The van der Waals surface area contributed by atoms with Gasteiger partial charge in [-0.3, -0.25) is 0 Å². The number of esters is 2. The van der Waals surface area contributed by atoms with E-state index in [0.29, 0.717) is 0 Å². The van der Waals surface area contributed by atoms with Gasteiger partial charge in [0.25, 0.3) is 0 Å². The van der Waals surface area contributed by atoms with E-state index in [2.05, 4.69) is 4.74 Å². The smallest absolute Gasteiger partial charge is 0.342 e. The van der Waals surface area contributed by atoms with Crippen molar-refractivity contribution in [1.82, 2.24) is 0 Å². The Kier molecular flexibility index (Phi) is 3.88. The third-order valence-corrected chi connectivity index (χ3v) is 1.93. The Morgan fingerprint density at radius 3 is 2.56 bits per heavy atom. The largest absolute Gasteiger partial charge is 0.507 e. The molecule has 1 N–H and O–H groups in total. The van der Waals surface area contributed by atoms with Gasteiger partial charge >= 0.3 is 11.9 Å². The predicted octanol–water partition coefficient (Wildman–Crippen LogP) is 1.36. The number of carbonyl (C=O) groups excluding carboxylic acids is 2. The summed E-state index contributed by atoms with van der Waals surface area (Å²) in [5.74, 6) is -1.75. The number of hydrogen-bond donors (Lipinski definition) is 1. The minimum atomic E-state index is -0.777. The second kappa shape index (κ2) is 5.16. The first-order valence-electron chi connectivity index (χ1n) is 4.69. The van der Waals surface area contributed by atoms with Gasteiger partial charge in [-0.1, -0.05) is 6.07 Å². The number of carbonyl (C=O) groups is 2. The number of rotatable bonds is 3. The van der Waals surface area contributed by atoms with Crippen molar-refractivity contribution >= 4 is 11.9 Å². The highest BCUT2D eigenvalue weighted by atomic mass is 16.5. The number of phenols is 1. The van der Waals surface area contributed by atoms with Crippen molar-refractivity contribution in [1.29, 1.82) is 0 Å². The minimum Gasteiger partial charge on any atom is -0.507 e. The molecule has 1 aromatic rings. The number of benzene rings is 1. The van der Waals surface area contributed by atoms with Crippen LogP contribution in [0.15, 0.2) is 18.2 Å². The fourth-order valence-electron chi connectivity index (χ4n) is 1.24. The van der Waals surface area contributed by atoms with Crippen molar-refractivity contribution in [3.8, 4) is 5.75 Å². The number of aromatic hydroxyl groups is 1. The molecule has 1 rings (SSSR count). The third-order valence-electron chi connectivity index (χ3n) is 1.93. The quantitative estimate of drug-likeness (QED) is 0.784. The molecule has 0 aromatic heterocycles. The molecule has 1 aromatic carbocycles. The SMILES string of the molecule is CCOC(=O)c1cccc(O)c1C(=O)OC. The zero-order valence-electron chi connectivity index (χ0n) is 9.02. The Bertz CT molecular complexity index is 411. The first-order chi connectivity index (χ1) is 7.61. The summed E-state index contributed by atoms with van der Waals surface area (Å²) in [6.07, 6.45) is 0. The van der Waals surface area contributed by atoms with E-state index in [0.717, 1.165) is 0 Å². The normalized spacial score (nSPS) is 9.62. The second-order valence-corrected chi connectivity index (χ2v) is 2.91. The molecular weight excluding hydrogens is 212 g/mol. The van der Waals surface area contributed by atoms with E-state index in [1.807, 2.05) is 0 Å². The number of methoxy groups -OCH3 is 1. The first-order valence-corrected chi connectivity index (χ1v) is 4.69. The van der Waals surface area contributed by atoms with Crippen LogP contribution in [0.25, 0.3) is 0 Å². The van der Waals surface area contributed by atoms with Gasteiger partial charge in [-0.15, -0.1) is 0 Å². The van der Waals surface area contributed by atoms with Gasteiger partial charge in [0.15, 0.2) is 0 Å². The van der Waals surface area contributed by atoms with Crippen molar-refractivity contribution in [2.75, 3.05) is 13.7 Å². The lowest BCUT2D eigenvalue weighted by Gasteiger charge is -2.08. The van der Waals surface area contributed by atoms with Crippen molar-refractivity contribution in [3.63, 3.8) is 0 Å². The summed E-state index contributed by atoms with van der Waals surface area (Å²) in [6.45, 7) is 1.84. The van der Waals surface area contributed by atoms with Crippen molar-refractivity contribution < 1.29 is 24.2 Å². The summed E-state index contributed by atoms with van der Waals surface area (Å²) in [5, 5.41) is 9.50. The van der Waals surface area contributed by atoms with Gasteiger partial charge in [-0.05, 0) is 19.1 Å². The maximum absolute atomic E-state index is 11.5. The van der Waals surface area contributed by atoms with Gasteiger partial charge in [-0.2, -0.15) is 0 Å². The Balaban J connectivity index is 3.22. The highest BCUT2D eigenvalue weighted by Crippen LogP contribution is 2.22. The Morgan fingerprint density at radius 2 is 2.00 bits per heavy atom. The monoisotopic (exact) mass is 224 g/mol. The molecule has 5 nitrogen and oxygen atoms in total. The van der Waals surface area contributed by atoms with Crippen LogP contribution in [0.2, 0.25) is 0 Å². The predicted molar refractivity (Wildman–Crippen MR) is 55.4 cm³/mol. The molecule has 0 saturated carbocycles. The van der Waals surface area contributed by atoms with Crippen molar-refractivity contribution in [2.24, 2.45) is 0 Å². The van der Waals surface area contributed by atoms with E-state index in [4.69, 9.17) is 4.74 Å². The van der Waals surface area contributed by atoms with Gasteiger partial charge in [0.05, 0.1) is 19.3 Å². The fraction of sp³-hybridized carbons (Fsp3) is 0.273. The number of hydrogen-bond acceptors (Lipinski definition) is 5. The second-order valence-electron chi connectivity index (χ2n) is 2.91. The van der Waals surface area contributed by atoms with Gasteiger partial charge in [-0.25, -0.2) is 9.59 Å². The molecular formula is C11H12O5. The zero-order chi connectivity index (χ0) is 12.1. The molecule has 0 radical (unpaired) electrons. The molecule has 0 heterocycles. The molecule has 0 amide bonds. The van der Waals surface area contributed by atoms with Crippen LogP contribution in [0.1, 0.15) is 27.6 Å². The van der Waals surface area contributed by atoms with E-state index in [1.54, 1.807) is 6.92 Å². The third kappa shape index (κ3) is 2.31. The molecule has 86 valence electrons. The summed E-state index contributed by atoms with van der Waals surface area (Å²) in [4.78, 5) is 22.9. The molecule has 0 spiro atoms. The molecule has 0 aliphatic heterocycles. The average molecular weight is 224 g/mol. The lowest BCUT2D eigenvalue weighted by molar-refractivity contribution is 0.0502. The average Bonchev–Trinajstić information content (AvgIpc) is 2.28. The van der Waals surface area contributed by atoms with Crippen molar-refractivity contribution in [3.05, 3.63) is 29.3 Å². The van der Waals surface area contributed by atoms with Gasteiger partial charge in [0.1, 0.15) is 11.3 Å². The lowest BCUT2D eigenvalue weighted by Crippen LogP contribution is -2.13. The summed E-state index contributed by atoms with van der Waals surface area (Å²) in [7, 11) is 1.17. The summed E-state index contributed by atoms with van der Waals surface area (Å²) in [5.41, 5.74) is -0.183. The van der Waals surface area contributed by atoms with Crippen LogP contribution in [0.5, 0.6) is 5.75 Å². The molecule has 0 fully saturated rings. The molecule has 0 unspecified atom stereocenters. The molecule has 0 aliphatic carbocycles. The van der Waals surface area contributed by atoms with E-state index in [1.165, 1.54) is 25.3 Å². The van der Waals surface area contributed by atoms with Gasteiger partial charge in [0.2, 0.25) is 0 Å². The van der Waals surface area contributed by atoms with E-state index in [9.17, 15) is 14.7 Å². The van der Waals surface area contributed by atoms with Gasteiger partial charge < -0.3 is 14.6 Å². The Hall–Kier alpha value is -2.04. The van der Waals surface area contributed by atoms with E-state index >= 15 is 0 Å². The Labute approximate surface area is 92.6 Å². The maximum atomic E-state index is 11.5. The Morgan fingerprint density at radius 1 is 1.31 bits per heavy atom. The van der Waals surface area contributed by atoms with Crippen LogP contribution < -0.4 is 0 Å². The standard InChI is InChI=1S/C11H12O5/c1-3-16-10(13)7-5-4-6-8(12)9(7)11(14)15-2/h4-6,12H,3H2,1-2H3. The van der Waals surface area contributed by atoms with E-state index in [-0.39, 0.29) is 23.5 Å². The number of phenolic OH excluding ortho intramolecular Hbond substituents is 1. The molecule has 5 heteroatoms. The first kappa shape index (κ1) is 12.0. The van der Waals surface area contributed by atoms with Crippen LogP contribution in [0.3, 0.4) is 0 Å². The summed E-state index contributed by atoms with van der Waals surface area (Å²) < 4.78 is 9.24.